The average Bonchev–Trinajstić information content (AvgIpc) is 1.94. The lowest BCUT2D eigenvalue weighted by Crippen LogP contribution is -2.47. The van der Waals surface area contributed by atoms with Gasteiger partial charge in [0, 0.05) is 18.6 Å². The topological polar surface area (TPSA) is 29.3 Å². The molecule has 1 aliphatic heterocycles. The van der Waals surface area contributed by atoms with Crippen molar-refractivity contribution in [2.45, 2.75) is 38.8 Å². The first-order chi connectivity index (χ1) is 4.74. The van der Waals surface area contributed by atoms with Gasteiger partial charge in [-0.3, -0.25) is 4.90 Å². The molecule has 0 aliphatic carbocycles. The van der Waals surface area contributed by atoms with Crippen LogP contribution in [0, 0.1) is 0 Å². The molecular weight excluding hydrogens is 124 g/mol. The molecule has 10 heavy (non-hydrogen) atoms. The molecule has 2 atom stereocenters. The van der Waals surface area contributed by atoms with E-state index in [9.17, 15) is 0 Å². The molecule has 0 spiro atoms. The Balaban J connectivity index is 2.38. The maximum Gasteiger partial charge on any atom is 0.0168 e. The molecule has 0 unspecified atom stereocenters. The minimum atomic E-state index is 0.427. The summed E-state index contributed by atoms with van der Waals surface area (Å²) in [5.41, 5.74) is 5.82. The molecule has 1 saturated heterocycles. The Morgan fingerprint density at radius 2 is 2.20 bits per heavy atom. The predicted octanol–water partition coefficient (Wildman–Crippen LogP) is 0.818. The first-order valence-electron chi connectivity index (χ1n) is 4.23. The standard InChI is InChI=1S/C8H18N2/c1-3-10-6-8(9)5-4-7(10)2/h7-8H,3-6,9H2,1-2H3/t7-,8+/m1/s1. The predicted molar refractivity (Wildman–Crippen MR) is 43.9 cm³/mol. The molecule has 60 valence electrons. The van der Waals surface area contributed by atoms with Crippen LogP contribution in [-0.4, -0.2) is 30.1 Å². The third-order valence-electron chi connectivity index (χ3n) is 2.45. The van der Waals surface area contributed by atoms with Crippen molar-refractivity contribution >= 4 is 0 Å². The summed E-state index contributed by atoms with van der Waals surface area (Å²) in [4.78, 5) is 2.45. The van der Waals surface area contributed by atoms with Gasteiger partial charge < -0.3 is 5.73 Å². The van der Waals surface area contributed by atoms with Crippen molar-refractivity contribution in [1.29, 1.82) is 0 Å². The van der Waals surface area contributed by atoms with E-state index in [-0.39, 0.29) is 0 Å². The zero-order chi connectivity index (χ0) is 7.56. The quantitative estimate of drug-likeness (QED) is 0.587. The number of likely N-dealkylation sites (N-methyl/N-ethyl adjacent to an activating group) is 1. The van der Waals surface area contributed by atoms with Gasteiger partial charge in [-0.2, -0.15) is 0 Å². The Kier molecular flexibility index (Phi) is 2.69. The molecule has 2 N–H and O–H groups in total. The largest absolute Gasteiger partial charge is 0.327 e. The highest BCUT2D eigenvalue weighted by Gasteiger charge is 2.20. The Morgan fingerprint density at radius 1 is 1.50 bits per heavy atom. The summed E-state index contributed by atoms with van der Waals surface area (Å²) in [6.07, 6.45) is 2.48. The second-order valence-electron chi connectivity index (χ2n) is 3.27. The van der Waals surface area contributed by atoms with Crippen LogP contribution < -0.4 is 5.73 Å². The molecule has 0 bridgehead atoms. The second-order valence-corrected chi connectivity index (χ2v) is 3.27. The summed E-state index contributed by atoms with van der Waals surface area (Å²) in [5, 5.41) is 0. The number of nitrogens with two attached hydrogens (primary N) is 1. The Bertz CT molecular complexity index is 103. The third-order valence-corrected chi connectivity index (χ3v) is 2.45. The van der Waals surface area contributed by atoms with Crippen molar-refractivity contribution in [2.24, 2.45) is 5.73 Å². The maximum absolute atomic E-state index is 5.82. The van der Waals surface area contributed by atoms with Gasteiger partial charge in [0.05, 0.1) is 0 Å². The van der Waals surface area contributed by atoms with Gasteiger partial charge >= 0.3 is 0 Å². The van der Waals surface area contributed by atoms with Crippen molar-refractivity contribution in [3.8, 4) is 0 Å². The summed E-state index contributed by atoms with van der Waals surface area (Å²) in [6.45, 7) is 6.73. The molecule has 0 aromatic carbocycles. The first-order valence-corrected chi connectivity index (χ1v) is 4.23. The maximum atomic E-state index is 5.82. The molecule has 0 saturated carbocycles. The van der Waals surface area contributed by atoms with Gasteiger partial charge in [0.15, 0.2) is 0 Å². The third kappa shape index (κ3) is 1.70. The fourth-order valence-corrected chi connectivity index (χ4v) is 1.65. The van der Waals surface area contributed by atoms with Crippen LogP contribution >= 0.6 is 0 Å². The van der Waals surface area contributed by atoms with Gasteiger partial charge in [-0.15, -0.1) is 0 Å². The van der Waals surface area contributed by atoms with E-state index in [4.69, 9.17) is 5.73 Å². The summed E-state index contributed by atoms with van der Waals surface area (Å²) in [5.74, 6) is 0. The molecule has 1 heterocycles. The highest BCUT2D eigenvalue weighted by Crippen LogP contribution is 2.14. The summed E-state index contributed by atoms with van der Waals surface area (Å²) in [7, 11) is 0. The summed E-state index contributed by atoms with van der Waals surface area (Å²) < 4.78 is 0. The van der Waals surface area contributed by atoms with Gasteiger partial charge in [0.2, 0.25) is 0 Å². The van der Waals surface area contributed by atoms with Gasteiger partial charge in [-0.1, -0.05) is 6.92 Å². The van der Waals surface area contributed by atoms with Crippen molar-refractivity contribution in [2.75, 3.05) is 13.1 Å². The molecule has 0 amide bonds. The molecule has 2 nitrogen and oxygen atoms in total. The van der Waals surface area contributed by atoms with Crippen molar-refractivity contribution in [3.05, 3.63) is 0 Å². The minimum absolute atomic E-state index is 0.427. The van der Waals surface area contributed by atoms with Crippen molar-refractivity contribution in [1.82, 2.24) is 4.90 Å². The number of likely N-dealkylation sites (tertiary alicyclic amines) is 1. The van der Waals surface area contributed by atoms with Crippen LogP contribution in [0.15, 0.2) is 0 Å². The fourth-order valence-electron chi connectivity index (χ4n) is 1.65. The summed E-state index contributed by atoms with van der Waals surface area (Å²) in [6, 6.07) is 1.18. The van der Waals surface area contributed by atoms with Crippen molar-refractivity contribution < 1.29 is 0 Å². The normalized spacial score (nSPS) is 36.3. The van der Waals surface area contributed by atoms with Gasteiger partial charge in [0.25, 0.3) is 0 Å². The second kappa shape index (κ2) is 3.35. The Labute approximate surface area is 63.4 Å². The molecule has 1 rings (SSSR count). The fraction of sp³-hybridized carbons (Fsp3) is 1.00. The average molecular weight is 142 g/mol. The number of rotatable bonds is 1. The lowest BCUT2D eigenvalue weighted by molar-refractivity contribution is 0.153. The van der Waals surface area contributed by atoms with Crippen LogP contribution in [0.1, 0.15) is 26.7 Å². The van der Waals surface area contributed by atoms with Crippen LogP contribution in [0.25, 0.3) is 0 Å². The van der Waals surface area contributed by atoms with E-state index in [0.29, 0.717) is 6.04 Å². The molecule has 1 aliphatic rings. The number of hydrogen-bond acceptors (Lipinski definition) is 2. The molecule has 0 aromatic heterocycles. The minimum Gasteiger partial charge on any atom is -0.327 e. The lowest BCUT2D eigenvalue weighted by atomic mass is 10.0. The van der Waals surface area contributed by atoms with Gasteiger partial charge in [-0.05, 0) is 26.3 Å². The highest BCUT2D eigenvalue weighted by molar-refractivity contribution is 4.79. The molecule has 0 radical (unpaired) electrons. The van der Waals surface area contributed by atoms with E-state index >= 15 is 0 Å². The van der Waals surface area contributed by atoms with E-state index in [0.717, 1.165) is 19.1 Å². The number of hydrogen-bond donors (Lipinski definition) is 1. The van der Waals surface area contributed by atoms with Gasteiger partial charge in [0.1, 0.15) is 0 Å². The van der Waals surface area contributed by atoms with E-state index in [1.807, 2.05) is 0 Å². The van der Waals surface area contributed by atoms with Crippen LogP contribution in [0.3, 0.4) is 0 Å². The van der Waals surface area contributed by atoms with E-state index in [2.05, 4.69) is 18.7 Å². The zero-order valence-electron chi connectivity index (χ0n) is 7.01. The van der Waals surface area contributed by atoms with Crippen LogP contribution in [0.2, 0.25) is 0 Å². The van der Waals surface area contributed by atoms with E-state index in [1.54, 1.807) is 0 Å². The van der Waals surface area contributed by atoms with Crippen molar-refractivity contribution in [3.63, 3.8) is 0 Å². The first kappa shape index (κ1) is 8.02. The smallest absolute Gasteiger partial charge is 0.0168 e. The highest BCUT2D eigenvalue weighted by atomic mass is 15.2. The van der Waals surface area contributed by atoms with E-state index in [1.165, 1.54) is 12.8 Å². The van der Waals surface area contributed by atoms with Crippen LogP contribution in [-0.2, 0) is 0 Å². The Morgan fingerprint density at radius 3 is 2.70 bits per heavy atom. The zero-order valence-corrected chi connectivity index (χ0v) is 7.01. The number of nitrogens with zero attached hydrogens (tertiary/aromatic N) is 1. The summed E-state index contributed by atoms with van der Waals surface area (Å²) >= 11 is 0. The van der Waals surface area contributed by atoms with E-state index < -0.39 is 0 Å². The molecular formula is C8H18N2. The van der Waals surface area contributed by atoms with Crippen LogP contribution in [0.5, 0.6) is 0 Å². The van der Waals surface area contributed by atoms with Gasteiger partial charge in [-0.25, -0.2) is 0 Å². The van der Waals surface area contributed by atoms with Crippen LogP contribution in [0.4, 0.5) is 0 Å². The monoisotopic (exact) mass is 142 g/mol. The lowest BCUT2D eigenvalue weighted by Gasteiger charge is -2.35. The molecule has 0 aromatic rings. The molecule has 1 fully saturated rings. The SMILES string of the molecule is CCN1C[C@@H](N)CC[C@H]1C. The molecule has 2 heteroatoms. The number of piperidine rings is 1. The Hall–Kier alpha value is -0.0800.